The molecule has 0 unspecified atom stereocenters. The Balaban J connectivity index is 0.000000112. The Morgan fingerprint density at radius 2 is 0.380 bits per heavy atom. The SMILES string of the molecule is c1ccc(-c2ccc(-c3nc(-c4ccc(-c5cccc6cccnc56)cc4)nc(-c4ccc(-c5cccc6cccnc56)cc4)n3)cc2)cc1.c1ccc2cc(-c3ccc(-c4nc(-c5cc6ccccc6c6ccccc56)nc(-c5cc6ccccc6c6ccccc56)n4)cc3)ncc2c1.c1ccc2cc(-c3nc(-c4ccc(-c5cccc6cccnc56)cc4)nc(-c4ccc5ccccc5c4)n3)ccc2c1. The zero-order valence-corrected chi connectivity index (χ0v) is 76.6. The van der Waals surface area contributed by atoms with Crippen LogP contribution in [0.25, 0.3) is 266 Å². The minimum Gasteiger partial charge on any atom is -0.256 e. The van der Waals surface area contributed by atoms with Gasteiger partial charge < -0.3 is 0 Å². The first-order chi connectivity index (χ1) is 70.3. The largest absolute Gasteiger partial charge is 0.256 e. The average molecular weight is 1810 g/mol. The van der Waals surface area contributed by atoms with Gasteiger partial charge >= 0.3 is 0 Å². The molecular formula is C129H81N13. The van der Waals surface area contributed by atoms with E-state index in [0.717, 1.165) is 171 Å². The van der Waals surface area contributed by atoms with Crippen LogP contribution in [0, 0.1) is 0 Å². The first-order valence-corrected chi connectivity index (χ1v) is 47.4. The molecule has 20 aromatic carbocycles. The average Bonchev–Trinajstić information content (AvgIpc) is 0.745. The monoisotopic (exact) mass is 1810 g/mol. The number of fused-ring (bicyclic) bond motifs is 12. The van der Waals surface area contributed by atoms with E-state index in [0.29, 0.717) is 52.4 Å². The molecule has 0 amide bonds. The second-order valence-electron chi connectivity index (χ2n) is 35.2. The molecule has 0 atom stereocenters. The molecule has 662 valence electrons. The van der Waals surface area contributed by atoms with E-state index in [2.05, 4.69) is 452 Å². The van der Waals surface area contributed by atoms with Crippen molar-refractivity contribution in [3.63, 3.8) is 0 Å². The van der Waals surface area contributed by atoms with E-state index in [1.54, 1.807) is 0 Å². The third-order valence-electron chi connectivity index (χ3n) is 26.5. The molecule has 0 aliphatic carbocycles. The van der Waals surface area contributed by atoms with Crippen molar-refractivity contribution in [3.05, 3.63) is 492 Å². The third-order valence-corrected chi connectivity index (χ3v) is 26.5. The fourth-order valence-electron chi connectivity index (χ4n) is 19.3. The number of nitrogens with zero attached hydrogens (tertiary/aromatic N) is 13. The maximum absolute atomic E-state index is 5.28. The molecule has 27 rings (SSSR count). The molecule has 0 saturated heterocycles. The summed E-state index contributed by atoms with van der Waals surface area (Å²) >= 11 is 0. The van der Waals surface area contributed by atoms with Gasteiger partial charge in [0.25, 0.3) is 0 Å². The normalized spacial score (nSPS) is 11.4. The fourth-order valence-corrected chi connectivity index (χ4v) is 19.3. The van der Waals surface area contributed by atoms with Gasteiger partial charge in [0.05, 0.1) is 22.2 Å². The Kier molecular flexibility index (Phi) is 22.0. The Morgan fingerprint density at radius 1 is 0.120 bits per heavy atom. The highest BCUT2D eigenvalue weighted by Gasteiger charge is 2.23. The molecule has 0 aliphatic heterocycles. The van der Waals surface area contributed by atoms with Crippen LogP contribution in [0.4, 0.5) is 0 Å². The lowest BCUT2D eigenvalue weighted by molar-refractivity contribution is 1.07. The van der Waals surface area contributed by atoms with Gasteiger partial charge in [-0.05, 0) is 146 Å². The summed E-state index contributed by atoms with van der Waals surface area (Å²) in [6.07, 6.45) is 7.45. The van der Waals surface area contributed by atoms with E-state index in [9.17, 15) is 0 Å². The summed E-state index contributed by atoms with van der Waals surface area (Å²) in [4.78, 5) is 64.4. The number of rotatable bonds is 14. The molecule has 0 bridgehead atoms. The summed E-state index contributed by atoms with van der Waals surface area (Å²) in [5.41, 5.74) is 22.2. The van der Waals surface area contributed by atoms with Gasteiger partial charge in [-0.25, -0.2) is 44.9 Å². The topological polar surface area (TPSA) is 168 Å². The van der Waals surface area contributed by atoms with Crippen LogP contribution in [0.15, 0.2) is 492 Å². The first kappa shape index (κ1) is 84.4. The van der Waals surface area contributed by atoms with Crippen molar-refractivity contribution in [1.82, 2.24) is 64.8 Å². The molecule has 0 radical (unpaired) electrons. The molecular weight excluding hydrogens is 1730 g/mol. The van der Waals surface area contributed by atoms with Gasteiger partial charge in [0.2, 0.25) is 0 Å². The Bertz CT molecular complexity index is 9150. The summed E-state index contributed by atoms with van der Waals surface area (Å²) in [5, 5.41) is 19.6. The molecule has 13 nitrogen and oxygen atoms in total. The second-order valence-corrected chi connectivity index (χ2v) is 35.2. The zero-order valence-electron chi connectivity index (χ0n) is 76.6. The minimum absolute atomic E-state index is 0.613. The van der Waals surface area contributed by atoms with E-state index in [1.807, 2.05) is 55.1 Å². The van der Waals surface area contributed by atoms with Crippen molar-refractivity contribution in [1.29, 1.82) is 0 Å². The molecule has 0 N–H and O–H groups in total. The van der Waals surface area contributed by atoms with Crippen LogP contribution in [0.5, 0.6) is 0 Å². The van der Waals surface area contributed by atoms with E-state index in [1.165, 1.54) is 43.3 Å². The number of aromatic nitrogens is 13. The summed E-state index contributed by atoms with van der Waals surface area (Å²) in [5.74, 6) is 5.69. The highest BCUT2D eigenvalue weighted by atomic mass is 15.1. The lowest BCUT2D eigenvalue weighted by atomic mass is 9.96. The van der Waals surface area contributed by atoms with Crippen LogP contribution in [-0.4, -0.2) is 64.8 Å². The van der Waals surface area contributed by atoms with E-state index < -0.39 is 0 Å². The lowest BCUT2D eigenvalue weighted by Crippen LogP contribution is -2.01. The molecule has 0 saturated carbocycles. The van der Waals surface area contributed by atoms with Gasteiger partial charge in [0.1, 0.15) is 0 Å². The molecule has 13 heteroatoms. The Morgan fingerprint density at radius 3 is 0.768 bits per heavy atom. The van der Waals surface area contributed by atoms with Crippen LogP contribution in [0.3, 0.4) is 0 Å². The minimum atomic E-state index is 0.613. The second kappa shape index (κ2) is 37.0. The van der Waals surface area contributed by atoms with Crippen LogP contribution in [-0.2, 0) is 0 Å². The maximum atomic E-state index is 5.28. The molecule has 0 aliphatic rings. The number of pyridine rings is 4. The van der Waals surface area contributed by atoms with Crippen molar-refractivity contribution in [2.75, 3.05) is 0 Å². The van der Waals surface area contributed by atoms with E-state index in [-0.39, 0.29) is 0 Å². The lowest BCUT2D eigenvalue weighted by Gasteiger charge is -2.14. The van der Waals surface area contributed by atoms with E-state index >= 15 is 0 Å². The predicted octanol–water partition coefficient (Wildman–Crippen LogP) is 32.1. The smallest absolute Gasteiger partial charge is 0.164 e. The zero-order chi connectivity index (χ0) is 94.2. The number of hydrogen-bond acceptors (Lipinski definition) is 13. The van der Waals surface area contributed by atoms with Gasteiger partial charge in [0.15, 0.2) is 52.4 Å². The number of hydrogen-bond donors (Lipinski definition) is 0. The molecule has 7 aromatic heterocycles. The number of para-hydroxylation sites is 3. The highest BCUT2D eigenvalue weighted by molar-refractivity contribution is 6.15. The van der Waals surface area contributed by atoms with Crippen LogP contribution in [0.2, 0.25) is 0 Å². The van der Waals surface area contributed by atoms with Crippen molar-refractivity contribution in [2.24, 2.45) is 0 Å². The Labute approximate surface area is 817 Å². The van der Waals surface area contributed by atoms with Crippen molar-refractivity contribution in [3.8, 4) is 158 Å². The first-order valence-electron chi connectivity index (χ1n) is 47.4. The molecule has 7 heterocycles. The van der Waals surface area contributed by atoms with E-state index in [4.69, 9.17) is 49.8 Å². The predicted molar refractivity (Wildman–Crippen MR) is 582 cm³/mol. The highest BCUT2D eigenvalue weighted by Crippen LogP contribution is 2.42. The third kappa shape index (κ3) is 16.7. The molecule has 27 aromatic rings. The van der Waals surface area contributed by atoms with Crippen LogP contribution in [0.1, 0.15) is 0 Å². The molecule has 0 spiro atoms. The molecule has 0 fully saturated rings. The summed E-state index contributed by atoms with van der Waals surface area (Å²) in [7, 11) is 0. The molecule has 142 heavy (non-hydrogen) atoms. The quantitative estimate of drug-likeness (QED) is 0.0944. The van der Waals surface area contributed by atoms with Gasteiger partial charge in [-0.2, -0.15) is 0 Å². The Hall–Kier alpha value is -19.4. The van der Waals surface area contributed by atoms with Gasteiger partial charge in [-0.15, -0.1) is 0 Å². The van der Waals surface area contributed by atoms with Gasteiger partial charge in [0, 0.05) is 119 Å². The van der Waals surface area contributed by atoms with Crippen LogP contribution < -0.4 is 0 Å². The van der Waals surface area contributed by atoms with Crippen molar-refractivity contribution < 1.29 is 0 Å². The van der Waals surface area contributed by atoms with Crippen molar-refractivity contribution in [2.45, 2.75) is 0 Å². The standard InChI is InChI=1S/C46H28N4.C45H29N5.C38H24N4/c1-2-14-34-28-47-43(27-31(34)11-1)29-21-23-30(24-22-29)44-48-45(41-25-32-12-3-5-15-35(32)37-17-7-9-19-39(37)41)50-46(49-44)42-26-33-13-4-6-16-36(33)38-18-8-10-20-40(38)42;1-2-8-30(9-3-1)31-16-22-36(23-17-31)43-48-44(37-24-18-32(19-25-37)39-14-4-10-34-12-6-28-46-41(34)39)50-45(49-43)38-26-20-33(21-27-38)40-15-5-11-35-13-7-29-47-42(35)40;1-3-9-30-23-32(20-14-25(30)7-1)37-40-36(41-38(42-37)33-21-15-26-8-2-4-10-31(26)24-33)29-18-16-27(17-19-29)34-13-5-11-28-12-6-22-39-35(28)34/h1-28H;1-29H;1-24H. The van der Waals surface area contributed by atoms with Gasteiger partial charge in [-0.1, -0.05) is 419 Å². The van der Waals surface area contributed by atoms with Crippen LogP contribution >= 0.6 is 0 Å². The summed E-state index contributed by atoms with van der Waals surface area (Å²) in [6, 6.07) is 162. The summed E-state index contributed by atoms with van der Waals surface area (Å²) < 4.78 is 0. The van der Waals surface area contributed by atoms with Gasteiger partial charge in [-0.3, -0.25) is 19.9 Å². The van der Waals surface area contributed by atoms with Crippen molar-refractivity contribution >= 4 is 108 Å². The summed E-state index contributed by atoms with van der Waals surface area (Å²) in [6.45, 7) is 0. The maximum Gasteiger partial charge on any atom is 0.164 e. The number of benzene rings is 20. The fraction of sp³-hybridized carbons (Fsp3) is 0.